The lowest BCUT2D eigenvalue weighted by atomic mass is 10.2. The van der Waals surface area contributed by atoms with Crippen LogP contribution in [0.1, 0.15) is 13.3 Å². The Kier molecular flexibility index (Phi) is 5.98. The monoisotopic (exact) mass is 191 g/mol. The summed E-state index contributed by atoms with van der Waals surface area (Å²) < 4.78 is 4.59. The van der Waals surface area contributed by atoms with Crippen LogP contribution in [0.15, 0.2) is 0 Å². The molecule has 3 nitrogen and oxygen atoms in total. The summed E-state index contributed by atoms with van der Waals surface area (Å²) in [6, 6.07) is 0.255. The van der Waals surface area contributed by atoms with Gasteiger partial charge in [0.25, 0.3) is 0 Å². The molecule has 0 aliphatic heterocycles. The number of hydrogen-bond donors (Lipinski definition) is 0. The minimum Gasteiger partial charge on any atom is -0.453 e. The minimum absolute atomic E-state index is 0.255. The van der Waals surface area contributed by atoms with Crippen molar-refractivity contribution in [1.82, 2.24) is 4.90 Å². The topological polar surface area (TPSA) is 29.5 Å². The molecule has 0 bridgehead atoms. The van der Waals surface area contributed by atoms with Crippen LogP contribution in [0, 0.1) is 0 Å². The van der Waals surface area contributed by atoms with Gasteiger partial charge < -0.3 is 9.64 Å². The normalized spacial score (nSPS) is 12.3. The van der Waals surface area contributed by atoms with Crippen molar-refractivity contribution in [2.24, 2.45) is 0 Å². The number of carbonyl (C=O) groups excluding carboxylic acids is 1. The molecule has 0 aromatic carbocycles. The molecule has 0 saturated heterocycles. The molecule has 1 unspecified atom stereocenters. The van der Waals surface area contributed by atoms with E-state index in [0.29, 0.717) is 0 Å². The van der Waals surface area contributed by atoms with E-state index in [1.54, 1.807) is 23.7 Å². The molecule has 1 amide bonds. The number of amides is 1. The predicted octanol–water partition coefficient (Wildman–Crippen LogP) is 1.83. The van der Waals surface area contributed by atoms with E-state index >= 15 is 0 Å². The summed E-state index contributed by atoms with van der Waals surface area (Å²) >= 11 is 1.79. The lowest BCUT2D eigenvalue weighted by Gasteiger charge is -2.22. The second-order valence-electron chi connectivity index (χ2n) is 2.71. The van der Waals surface area contributed by atoms with Gasteiger partial charge in [-0.2, -0.15) is 11.8 Å². The van der Waals surface area contributed by atoms with Crippen molar-refractivity contribution in [1.29, 1.82) is 0 Å². The Bertz CT molecular complexity index is 141. The Morgan fingerprint density at radius 2 is 2.25 bits per heavy atom. The third-order valence-corrected chi connectivity index (χ3v) is 2.51. The standard InChI is InChI=1S/C8H17NO2S/c1-7(5-6-12-4)9(2)8(10)11-3/h7H,5-6H2,1-4H3. The summed E-state index contributed by atoms with van der Waals surface area (Å²) in [5.41, 5.74) is 0. The molecule has 0 radical (unpaired) electrons. The van der Waals surface area contributed by atoms with Gasteiger partial charge in [0.15, 0.2) is 0 Å². The molecular formula is C8H17NO2S. The first kappa shape index (κ1) is 11.6. The largest absolute Gasteiger partial charge is 0.453 e. The second-order valence-corrected chi connectivity index (χ2v) is 3.70. The molecule has 0 saturated carbocycles. The average Bonchev–Trinajstić information content (AvgIpc) is 2.11. The SMILES string of the molecule is COC(=O)N(C)C(C)CCSC. The van der Waals surface area contributed by atoms with Crippen LogP contribution in [0.5, 0.6) is 0 Å². The van der Waals surface area contributed by atoms with Crippen molar-refractivity contribution < 1.29 is 9.53 Å². The Morgan fingerprint density at radius 3 is 2.67 bits per heavy atom. The Morgan fingerprint density at radius 1 is 1.67 bits per heavy atom. The van der Waals surface area contributed by atoms with Crippen molar-refractivity contribution in [3.63, 3.8) is 0 Å². The molecule has 0 aliphatic rings. The number of hydrogen-bond acceptors (Lipinski definition) is 3. The van der Waals surface area contributed by atoms with Crippen molar-refractivity contribution in [3.8, 4) is 0 Å². The molecule has 72 valence electrons. The molecular weight excluding hydrogens is 174 g/mol. The summed E-state index contributed by atoms with van der Waals surface area (Å²) in [5.74, 6) is 1.07. The van der Waals surface area contributed by atoms with Gasteiger partial charge in [-0.3, -0.25) is 0 Å². The highest BCUT2D eigenvalue weighted by Gasteiger charge is 2.14. The van der Waals surface area contributed by atoms with Gasteiger partial charge in [-0.1, -0.05) is 0 Å². The van der Waals surface area contributed by atoms with Gasteiger partial charge in [0.1, 0.15) is 0 Å². The summed E-state index contributed by atoms with van der Waals surface area (Å²) in [6.07, 6.45) is 2.81. The molecule has 12 heavy (non-hydrogen) atoms. The number of ether oxygens (including phenoxy) is 1. The van der Waals surface area contributed by atoms with Crippen LogP contribution >= 0.6 is 11.8 Å². The van der Waals surface area contributed by atoms with E-state index in [-0.39, 0.29) is 12.1 Å². The lowest BCUT2D eigenvalue weighted by Crippen LogP contribution is -2.35. The third kappa shape index (κ3) is 3.85. The van der Waals surface area contributed by atoms with E-state index in [0.717, 1.165) is 12.2 Å². The van der Waals surface area contributed by atoms with Gasteiger partial charge in [0, 0.05) is 13.1 Å². The van der Waals surface area contributed by atoms with E-state index in [1.165, 1.54) is 7.11 Å². The first-order valence-electron chi connectivity index (χ1n) is 3.93. The van der Waals surface area contributed by atoms with Crippen LogP contribution < -0.4 is 0 Å². The number of rotatable bonds is 4. The Hall–Kier alpha value is -0.380. The van der Waals surface area contributed by atoms with Crippen LogP contribution in [0.3, 0.4) is 0 Å². The third-order valence-electron chi connectivity index (χ3n) is 1.86. The number of carbonyl (C=O) groups is 1. The van der Waals surface area contributed by atoms with E-state index in [1.807, 2.05) is 6.92 Å². The smallest absolute Gasteiger partial charge is 0.409 e. The van der Waals surface area contributed by atoms with Crippen LogP contribution in [0.25, 0.3) is 0 Å². The van der Waals surface area contributed by atoms with Gasteiger partial charge in [-0.15, -0.1) is 0 Å². The summed E-state index contributed by atoms with van der Waals surface area (Å²) in [5, 5.41) is 0. The molecule has 0 aromatic heterocycles. The predicted molar refractivity (Wildman–Crippen MR) is 52.6 cm³/mol. The fourth-order valence-electron chi connectivity index (χ4n) is 0.806. The van der Waals surface area contributed by atoms with Crippen LogP contribution in [0.4, 0.5) is 4.79 Å². The second kappa shape index (κ2) is 6.17. The summed E-state index contributed by atoms with van der Waals surface area (Å²) in [6.45, 7) is 2.02. The fraction of sp³-hybridized carbons (Fsp3) is 0.875. The van der Waals surface area contributed by atoms with Gasteiger partial charge in [0.2, 0.25) is 0 Å². The van der Waals surface area contributed by atoms with Crippen LogP contribution in [-0.2, 0) is 4.74 Å². The molecule has 0 spiro atoms. The van der Waals surface area contributed by atoms with Gasteiger partial charge in [0.05, 0.1) is 7.11 Å². The minimum atomic E-state index is -0.261. The molecule has 0 heterocycles. The molecule has 0 aromatic rings. The molecule has 0 rings (SSSR count). The van der Waals surface area contributed by atoms with E-state index in [9.17, 15) is 4.79 Å². The Labute approximate surface area is 78.5 Å². The molecule has 1 atom stereocenters. The molecule has 0 aliphatic carbocycles. The quantitative estimate of drug-likeness (QED) is 0.679. The van der Waals surface area contributed by atoms with E-state index in [4.69, 9.17) is 0 Å². The van der Waals surface area contributed by atoms with Crippen molar-refractivity contribution in [2.45, 2.75) is 19.4 Å². The zero-order valence-electron chi connectivity index (χ0n) is 8.16. The van der Waals surface area contributed by atoms with Gasteiger partial charge >= 0.3 is 6.09 Å². The molecule has 0 N–H and O–H groups in total. The van der Waals surface area contributed by atoms with Gasteiger partial charge in [-0.25, -0.2) is 4.79 Å². The maximum atomic E-state index is 11.0. The Balaban J connectivity index is 3.75. The fourth-order valence-corrected chi connectivity index (χ4v) is 1.38. The lowest BCUT2D eigenvalue weighted by molar-refractivity contribution is 0.120. The van der Waals surface area contributed by atoms with Crippen LogP contribution in [-0.4, -0.2) is 43.2 Å². The van der Waals surface area contributed by atoms with E-state index in [2.05, 4.69) is 11.0 Å². The maximum Gasteiger partial charge on any atom is 0.409 e. The van der Waals surface area contributed by atoms with Crippen molar-refractivity contribution in [2.75, 3.05) is 26.2 Å². The average molecular weight is 191 g/mol. The highest BCUT2D eigenvalue weighted by molar-refractivity contribution is 7.98. The molecule has 0 fully saturated rings. The molecule has 4 heteroatoms. The first-order chi connectivity index (χ1) is 5.63. The number of nitrogens with zero attached hydrogens (tertiary/aromatic N) is 1. The highest BCUT2D eigenvalue weighted by Crippen LogP contribution is 2.06. The summed E-state index contributed by atoms with van der Waals surface area (Å²) in [7, 11) is 3.16. The number of thioether (sulfide) groups is 1. The summed E-state index contributed by atoms with van der Waals surface area (Å²) in [4.78, 5) is 12.6. The van der Waals surface area contributed by atoms with Crippen LogP contribution in [0.2, 0.25) is 0 Å². The zero-order valence-corrected chi connectivity index (χ0v) is 8.98. The zero-order chi connectivity index (χ0) is 9.56. The highest BCUT2D eigenvalue weighted by atomic mass is 32.2. The van der Waals surface area contributed by atoms with Crippen molar-refractivity contribution >= 4 is 17.9 Å². The van der Waals surface area contributed by atoms with Crippen molar-refractivity contribution in [3.05, 3.63) is 0 Å². The number of methoxy groups -OCH3 is 1. The maximum absolute atomic E-state index is 11.0. The van der Waals surface area contributed by atoms with E-state index < -0.39 is 0 Å². The van der Waals surface area contributed by atoms with Gasteiger partial charge in [-0.05, 0) is 25.4 Å². The first-order valence-corrected chi connectivity index (χ1v) is 5.32.